The Morgan fingerprint density at radius 2 is 1.78 bits per heavy atom. The van der Waals surface area contributed by atoms with Crippen LogP contribution in [0.4, 0.5) is 0 Å². The molecule has 0 atom stereocenters. The van der Waals surface area contributed by atoms with Gasteiger partial charge in [-0.15, -0.1) is 0 Å². The number of pyridine rings is 1. The smallest absolute Gasteiger partial charge is 0.203 e. The Bertz CT molecular complexity index is 604. The number of halogens is 1. The number of nitrogens with zero attached hydrogens (tertiary/aromatic N) is 1. The number of phenolic OH excluding ortho intramolecular Hbond substituents is 3. The molecular weight excluding hydrogens is 258 g/mol. The molecule has 0 fully saturated rings. The summed E-state index contributed by atoms with van der Waals surface area (Å²) in [6.07, 6.45) is 1.41. The van der Waals surface area contributed by atoms with Gasteiger partial charge in [-0.05, 0) is 12.1 Å². The number of carbonyl (C=O) groups is 1. The van der Waals surface area contributed by atoms with E-state index in [-0.39, 0.29) is 22.0 Å². The normalized spacial score (nSPS) is 10.3. The second-order valence-electron chi connectivity index (χ2n) is 3.53. The van der Waals surface area contributed by atoms with Crippen LogP contribution in [0, 0.1) is 0 Å². The average Bonchev–Trinajstić information content (AvgIpc) is 2.27. The molecule has 1 heterocycles. The van der Waals surface area contributed by atoms with E-state index in [1.807, 2.05) is 0 Å². The molecule has 1 aromatic carbocycles. The summed E-state index contributed by atoms with van der Waals surface area (Å²) in [5, 5.41) is 28.3. The van der Waals surface area contributed by atoms with Crippen molar-refractivity contribution in [3.05, 3.63) is 46.7 Å². The molecule has 0 aliphatic heterocycles. The first-order valence-corrected chi connectivity index (χ1v) is 5.28. The van der Waals surface area contributed by atoms with Crippen molar-refractivity contribution in [1.29, 1.82) is 0 Å². The van der Waals surface area contributed by atoms with Crippen LogP contribution in [0.2, 0.25) is 5.15 Å². The van der Waals surface area contributed by atoms with Crippen LogP contribution in [0.5, 0.6) is 17.2 Å². The summed E-state index contributed by atoms with van der Waals surface area (Å²) in [5.74, 6) is -2.09. The third-order valence-electron chi connectivity index (χ3n) is 2.31. The second-order valence-corrected chi connectivity index (χ2v) is 3.89. The van der Waals surface area contributed by atoms with Gasteiger partial charge in [0.2, 0.25) is 5.78 Å². The maximum atomic E-state index is 12.1. The number of carbonyl (C=O) groups excluding carboxylic acids is 1. The molecule has 0 saturated carbocycles. The first-order valence-electron chi connectivity index (χ1n) is 4.91. The fraction of sp³-hybridized carbons (Fsp3) is 0. The van der Waals surface area contributed by atoms with Gasteiger partial charge in [0.1, 0.15) is 28.0 Å². The summed E-state index contributed by atoms with van der Waals surface area (Å²) >= 11 is 5.76. The van der Waals surface area contributed by atoms with Crippen LogP contribution in [0.15, 0.2) is 30.5 Å². The molecule has 0 radical (unpaired) electrons. The highest BCUT2D eigenvalue weighted by Gasteiger charge is 2.21. The average molecular weight is 266 g/mol. The van der Waals surface area contributed by atoms with Crippen LogP contribution in [0.25, 0.3) is 0 Å². The van der Waals surface area contributed by atoms with E-state index in [9.17, 15) is 15.0 Å². The van der Waals surface area contributed by atoms with E-state index in [1.54, 1.807) is 0 Å². The van der Waals surface area contributed by atoms with Crippen molar-refractivity contribution >= 4 is 17.4 Å². The number of hydrogen-bond donors (Lipinski definition) is 3. The molecule has 0 bridgehead atoms. The number of rotatable bonds is 2. The quantitative estimate of drug-likeness (QED) is 0.571. The number of aromatic nitrogens is 1. The number of ketones is 1. The Balaban J connectivity index is 2.57. The van der Waals surface area contributed by atoms with Crippen molar-refractivity contribution in [1.82, 2.24) is 4.98 Å². The minimum absolute atomic E-state index is 0.0330. The second kappa shape index (κ2) is 4.54. The molecule has 0 saturated heterocycles. The minimum Gasteiger partial charge on any atom is -0.508 e. The monoisotopic (exact) mass is 265 g/mol. The van der Waals surface area contributed by atoms with Crippen molar-refractivity contribution in [2.45, 2.75) is 0 Å². The molecule has 3 N–H and O–H groups in total. The Hall–Kier alpha value is -2.27. The summed E-state index contributed by atoms with van der Waals surface area (Å²) in [6, 6.07) is 4.84. The van der Waals surface area contributed by atoms with Crippen LogP contribution < -0.4 is 0 Å². The van der Waals surface area contributed by atoms with Crippen molar-refractivity contribution in [2.24, 2.45) is 0 Å². The number of phenols is 3. The third-order valence-corrected chi connectivity index (χ3v) is 2.61. The van der Waals surface area contributed by atoms with Gasteiger partial charge < -0.3 is 15.3 Å². The van der Waals surface area contributed by atoms with Crippen LogP contribution >= 0.6 is 11.6 Å². The molecule has 0 unspecified atom stereocenters. The lowest BCUT2D eigenvalue weighted by atomic mass is 10.0. The zero-order valence-corrected chi connectivity index (χ0v) is 9.72. The van der Waals surface area contributed by atoms with Crippen molar-refractivity contribution in [3.63, 3.8) is 0 Å². The van der Waals surface area contributed by atoms with Crippen molar-refractivity contribution in [3.8, 4) is 17.2 Å². The van der Waals surface area contributed by atoms with Gasteiger partial charge in [-0.2, -0.15) is 0 Å². The van der Waals surface area contributed by atoms with Crippen LogP contribution in [0.3, 0.4) is 0 Å². The number of benzene rings is 1. The highest BCUT2D eigenvalue weighted by molar-refractivity contribution is 6.34. The van der Waals surface area contributed by atoms with Crippen molar-refractivity contribution < 1.29 is 20.1 Å². The van der Waals surface area contributed by atoms with E-state index in [0.717, 1.165) is 12.1 Å². The van der Waals surface area contributed by atoms with E-state index < -0.39 is 17.3 Å². The van der Waals surface area contributed by atoms with Gasteiger partial charge in [0.25, 0.3) is 0 Å². The molecule has 18 heavy (non-hydrogen) atoms. The van der Waals surface area contributed by atoms with Gasteiger partial charge in [0.15, 0.2) is 0 Å². The van der Waals surface area contributed by atoms with Gasteiger partial charge in [0.05, 0.1) is 5.56 Å². The van der Waals surface area contributed by atoms with Gasteiger partial charge in [0, 0.05) is 18.3 Å². The topological polar surface area (TPSA) is 90.7 Å². The third kappa shape index (κ3) is 2.08. The summed E-state index contributed by atoms with van der Waals surface area (Å²) in [5.41, 5.74) is -0.279. The van der Waals surface area contributed by atoms with Crippen molar-refractivity contribution in [2.75, 3.05) is 0 Å². The molecule has 6 heteroatoms. The zero-order chi connectivity index (χ0) is 13.3. The highest BCUT2D eigenvalue weighted by atomic mass is 35.5. The predicted molar refractivity (Wildman–Crippen MR) is 64.1 cm³/mol. The summed E-state index contributed by atoms with van der Waals surface area (Å²) in [7, 11) is 0. The van der Waals surface area contributed by atoms with Crippen LogP contribution in [0.1, 0.15) is 15.9 Å². The molecule has 1 aromatic heterocycles. The summed E-state index contributed by atoms with van der Waals surface area (Å²) in [4.78, 5) is 15.8. The molecular formula is C12H8ClNO4. The Morgan fingerprint density at radius 3 is 2.33 bits per heavy atom. The van der Waals surface area contributed by atoms with Gasteiger partial charge in [-0.1, -0.05) is 11.6 Å². The van der Waals surface area contributed by atoms with Gasteiger partial charge in [-0.25, -0.2) is 4.98 Å². The molecule has 0 spiro atoms. The Labute approximate surface area is 107 Å². The fourth-order valence-electron chi connectivity index (χ4n) is 1.52. The fourth-order valence-corrected chi connectivity index (χ4v) is 1.73. The molecule has 0 aliphatic carbocycles. The molecule has 0 aliphatic rings. The minimum atomic E-state index is -0.678. The molecule has 2 rings (SSSR count). The lowest BCUT2D eigenvalue weighted by Gasteiger charge is -2.07. The number of hydrogen-bond acceptors (Lipinski definition) is 5. The van der Waals surface area contributed by atoms with Crippen LogP contribution in [-0.2, 0) is 0 Å². The maximum Gasteiger partial charge on any atom is 0.203 e. The molecule has 2 aromatic rings. The Kier molecular flexibility index (Phi) is 3.08. The van der Waals surface area contributed by atoms with Gasteiger partial charge >= 0.3 is 0 Å². The molecule has 5 nitrogen and oxygen atoms in total. The first kappa shape index (κ1) is 12.2. The van der Waals surface area contributed by atoms with E-state index in [2.05, 4.69) is 4.98 Å². The molecule has 0 amide bonds. The lowest BCUT2D eigenvalue weighted by Crippen LogP contribution is -2.04. The lowest BCUT2D eigenvalue weighted by molar-refractivity contribution is 0.103. The standard InChI is InChI=1S/C12H8ClNO4/c13-12-7(2-1-3-14-12)11(18)10-8(16)4-6(15)5-9(10)17/h1-5,15-17H. The van der Waals surface area contributed by atoms with E-state index in [1.165, 1.54) is 18.3 Å². The molecule has 92 valence electrons. The number of aromatic hydroxyl groups is 3. The van der Waals surface area contributed by atoms with Gasteiger partial charge in [-0.3, -0.25) is 4.79 Å². The largest absolute Gasteiger partial charge is 0.508 e. The Morgan fingerprint density at radius 1 is 1.17 bits per heavy atom. The highest BCUT2D eigenvalue weighted by Crippen LogP contribution is 2.34. The maximum absolute atomic E-state index is 12.1. The van der Waals surface area contributed by atoms with Crippen LogP contribution in [-0.4, -0.2) is 26.1 Å². The van der Waals surface area contributed by atoms with E-state index >= 15 is 0 Å². The van der Waals surface area contributed by atoms with E-state index in [4.69, 9.17) is 16.7 Å². The summed E-state index contributed by atoms with van der Waals surface area (Å²) < 4.78 is 0. The summed E-state index contributed by atoms with van der Waals surface area (Å²) in [6.45, 7) is 0. The zero-order valence-electron chi connectivity index (χ0n) is 8.96. The van der Waals surface area contributed by atoms with E-state index in [0.29, 0.717) is 0 Å². The predicted octanol–water partition coefficient (Wildman–Crippen LogP) is 2.08. The SMILES string of the molecule is O=C(c1cccnc1Cl)c1c(O)cc(O)cc1O. The first-order chi connectivity index (χ1) is 8.50.